The number of carbonyl (C=O) groups excluding carboxylic acids is 3. The van der Waals surface area contributed by atoms with Crippen molar-refractivity contribution >= 4 is 28.7 Å². The highest BCUT2D eigenvalue weighted by Gasteiger charge is 2.43. The first-order valence-corrected chi connectivity index (χ1v) is 10.1. The number of imide groups is 1. The minimum atomic E-state index is -0.885. The van der Waals surface area contributed by atoms with E-state index in [9.17, 15) is 14.4 Å². The van der Waals surface area contributed by atoms with Crippen molar-refractivity contribution in [1.82, 2.24) is 10.2 Å². The van der Waals surface area contributed by atoms with Crippen molar-refractivity contribution in [3.8, 4) is 0 Å². The molecule has 1 aromatic heterocycles. The molecule has 2 unspecified atom stereocenters. The van der Waals surface area contributed by atoms with Gasteiger partial charge in [-0.1, -0.05) is 44.2 Å². The average Bonchev–Trinajstić information content (AvgIpc) is 3.26. The van der Waals surface area contributed by atoms with Crippen molar-refractivity contribution in [3.63, 3.8) is 0 Å². The van der Waals surface area contributed by atoms with Crippen LogP contribution in [0.4, 0.5) is 0 Å². The molecule has 2 atom stereocenters. The van der Waals surface area contributed by atoms with Crippen LogP contribution in [0.25, 0.3) is 11.0 Å². The fourth-order valence-corrected chi connectivity index (χ4v) is 3.86. The number of rotatable bonds is 6. The first kappa shape index (κ1) is 19.9. The minimum absolute atomic E-state index is 0.117. The largest absolute Gasteiger partial charge is 0.459 e. The predicted molar refractivity (Wildman–Crippen MR) is 113 cm³/mol. The Labute approximate surface area is 174 Å². The average molecular weight is 404 g/mol. The number of nitrogens with one attached hydrogen (secondary N) is 1. The quantitative estimate of drug-likeness (QED) is 0.621. The zero-order chi connectivity index (χ0) is 21.4. The van der Waals surface area contributed by atoms with E-state index in [0.717, 1.165) is 15.9 Å². The summed E-state index contributed by atoms with van der Waals surface area (Å²) in [7, 11) is 0. The molecule has 1 aliphatic heterocycles. The van der Waals surface area contributed by atoms with Crippen LogP contribution in [0.2, 0.25) is 0 Å². The lowest BCUT2D eigenvalue weighted by Gasteiger charge is -2.27. The number of amides is 3. The molecule has 3 aromatic rings. The van der Waals surface area contributed by atoms with Gasteiger partial charge in [0.15, 0.2) is 0 Å². The van der Waals surface area contributed by atoms with Gasteiger partial charge in [0, 0.05) is 5.39 Å². The highest BCUT2D eigenvalue weighted by Crippen LogP contribution is 2.28. The van der Waals surface area contributed by atoms with Crippen molar-refractivity contribution in [2.45, 2.75) is 39.3 Å². The van der Waals surface area contributed by atoms with Gasteiger partial charge in [-0.2, -0.15) is 0 Å². The van der Waals surface area contributed by atoms with Gasteiger partial charge in [-0.15, -0.1) is 0 Å². The molecule has 1 aliphatic rings. The van der Waals surface area contributed by atoms with Gasteiger partial charge in [-0.05, 0) is 43.5 Å². The molecule has 1 N–H and O–H groups in total. The number of carbonyl (C=O) groups is 3. The molecule has 0 spiro atoms. The lowest BCUT2D eigenvalue weighted by molar-refractivity contribution is -0.126. The molecular weight excluding hydrogens is 380 g/mol. The number of nitrogens with zero attached hydrogens (tertiary/aromatic N) is 1. The third-order valence-corrected chi connectivity index (χ3v) is 5.36. The molecule has 6 heteroatoms. The van der Waals surface area contributed by atoms with E-state index in [-0.39, 0.29) is 11.8 Å². The molecule has 3 amide bonds. The van der Waals surface area contributed by atoms with Gasteiger partial charge in [0.2, 0.25) is 5.91 Å². The zero-order valence-electron chi connectivity index (χ0n) is 17.2. The number of benzene rings is 2. The number of hydrogen-bond acceptors (Lipinski definition) is 4. The van der Waals surface area contributed by atoms with Crippen molar-refractivity contribution in [3.05, 3.63) is 71.5 Å². The summed E-state index contributed by atoms with van der Waals surface area (Å²) in [6, 6.07) is 14.9. The Kier molecular flexibility index (Phi) is 5.16. The van der Waals surface area contributed by atoms with Gasteiger partial charge in [-0.25, -0.2) is 0 Å². The third kappa shape index (κ3) is 3.49. The standard InChI is InChI=1S/C24H24N2O4/c1-14(2)12-19(26-23(28)17-9-5-6-10-18(17)24(26)29)22(27)25-15(3)21-13-16-8-4-7-11-20(16)30-21/h4-11,13-15,19H,12H2,1-3H3,(H,25,27). The molecule has 30 heavy (non-hydrogen) atoms. The highest BCUT2D eigenvalue weighted by atomic mass is 16.3. The monoisotopic (exact) mass is 404 g/mol. The molecule has 4 rings (SSSR count). The van der Waals surface area contributed by atoms with Crippen LogP contribution in [0.5, 0.6) is 0 Å². The maximum Gasteiger partial charge on any atom is 0.262 e. The van der Waals surface area contributed by atoms with E-state index in [1.807, 2.05) is 51.1 Å². The molecule has 6 nitrogen and oxygen atoms in total. The number of hydrogen-bond donors (Lipinski definition) is 1. The fraction of sp³-hybridized carbons (Fsp3) is 0.292. The highest BCUT2D eigenvalue weighted by molar-refractivity contribution is 6.22. The van der Waals surface area contributed by atoms with Crippen molar-refractivity contribution < 1.29 is 18.8 Å². The van der Waals surface area contributed by atoms with E-state index in [0.29, 0.717) is 23.3 Å². The molecule has 0 aliphatic carbocycles. The summed E-state index contributed by atoms with van der Waals surface area (Å²) in [6.07, 6.45) is 0.379. The fourth-order valence-electron chi connectivity index (χ4n) is 3.86. The number of fused-ring (bicyclic) bond motifs is 2. The molecule has 2 heterocycles. The number of para-hydroxylation sites is 1. The van der Waals surface area contributed by atoms with E-state index >= 15 is 0 Å². The van der Waals surface area contributed by atoms with Gasteiger partial charge in [0.25, 0.3) is 11.8 Å². The van der Waals surface area contributed by atoms with Crippen LogP contribution < -0.4 is 5.32 Å². The summed E-state index contributed by atoms with van der Waals surface area (Å²) in [5.74, 6) is -0.478. The normalized spacial score (nSPS) is 15.5. The van der Waals surface area contributed by atoms with E-state index in [1.54, 1.807) is 24.3 Å². The first-order chi connectivity index (χ1) is 14.4. The topological polar surface area (TPSA) is 79.6 Å². The second kappa shape index (κ2) is 7.78. The first-order valence-electron chi connectivity index (χ1n) is 10.1. The summed E-state index contributed by atoms with van der Waals surface area (Å²) in [4.78, 5) is 40.1. The van der Waals surface area contributed by atoms with Gasteiger partial charge in [0.05, 0.1) is 17.2 Å². The van der Waals surface area contributed by atoms with Crippen LogP contribution in [0.1, 0.15) is 59.7 Å². The van der Waals surface area contributed by atoms with Gasteiger partial charge in [0.1, 0.15) is 17.4 Å². The molecular formula is C24H24N2O4. The Morgan fingerprint density at radius 1 is 0.967 bits per heavy atom. The Morgan fingerprint density at radius 2 is 1.57 bits per heavy atom. The molecule has 0 bridgehead atoms. The van der Waals surface area contributed by atoms with Crippen LogP contribution in [0.3, 0.4) is 0 Å². The second-order valence-corrected chi connectivity index (χ2v) is 8.09. The van der Waals surface area contributed by atoms with Crippen LogP contribution in [-0.2, 0) is 4.79 Å². The second-order valence-electron chi connectivity index (χ2n) is 8.09. The summed E-state index contributed by atoms with van der Waals surface area (Å²) >= 11 is 0. The van der Waals surface area contributed by atoms with Gasteiger partial charge >= 0.3 is 0 Å². The SMILES string of the molecule is CC(C)CC(C(=O)NC(C)c1cc2ccccc2o1)N1C(=O)c2ccccc2C1=O. The van der Waals surface area contributed by atoms with E-state index < -0.39 is 23.9 Å². The van der Waals surface area contributed by atoms with E-state index in [2.05, 4.69) is 5.32 Å². The van der Waals surface area contributed by atoms with E-state index in [1.165, 1.54) is 0 Å². The summed E-state index contributed by atoms with van der Waals surface area (Å²) in [5.41, 5.74) is 1.43. The lowest BCUT2D eigenvalue weighted by atomic mass is 10.0. The third-order valence-electron chi connectivity index (χ3n) is 5.36. The Hall–Kier alpha value is -3.41. The molecule has 154 valence electrons. The van der Waals surface area contributed by atoms with Gasteiger partial charge in [-0.3, -0.25) is 19.3 Å². The molecule has 0 fully saturated rings. The molecule has 2 aromatic carbocycles. The van der Waals surface area contributed by atoms with Crippen LogP contribution >= 0.6 is 0 Å². The lowest BCUT2D eigenvalue weighted by Crippen LogP contribution is -2.50. The predicted octanol–water partition coefficient (Wildman–Crippen LogP) is 4.32. The molecule has 0 saturated heterocycles. The smallest absolute Gasteiger partial charge is 0.262 e. The molecule has 0 saturated carbocycles. The number of furan rings is 1. The van der Waals surface area contributed by atoms with Crippen molar-refractivity contribution in [2.24, 2.45) is 5.92 Å². The minimum Gasteiger partial charge on any atom is -0.459 e. The maximum absolute atomic E-state index is 13.2. The van der Waals surface area contributed by atoms with Crippen LogP contribution in [0.15, 0.2) is 59.0 Å². The van der Waals surface area contributed by atoms with Gasteiger partial charge < -0.3 is 9.73 Å². The Balaban J connectivity index is 1.58. The summed E-state index contributed by atoms with van der Waals surface area (Å²) in [6.45, 7) is 5.74. The van der Waals surface area contributed by atoms with Crippen LogP contribution in [-0.4, -0.2) is 28.7 Å². The Bertz CT molecular complexity index is 1060. The summed E-state index contributed by atoms with van der Waals surface area (Å²) < 4.78 is 5.85. The zero-order valence-corrected chi connectivity index (χ0v) is 17.2. The maximum atomic E-state index is 13.2. The van der Waals surface area contributed by atoms with Crippen molar-refractivity contribution in [1.29, 1.82) is 0 Å². The van der Waals surface area contributed by atoms with Crippen molar-refractivity contribution in [2.75, 3.05) is 0 Å². The Morgan fingerprint density at radius 3 is 2.17 bits per heavy atom. The molecule has 0 radical (unpaired) electrons. The summed E-state index contributed by atoms with van der Waals surface area (Å²) in [5, 5.41) is 3.88. The van der Waals surface area contributed by atoms with Crippen LogP contribution in [0, 0.1) is 5.92 Å². The van der Waals surface area contributed by atoms with E-state index in [4.69, 9.17) is 4.42 Å².